The molecule has 4 nitrogen and oxygen atoms in total. The van der Waals surface area contributed by atoms with Crippen LogP contribution in [-0.2, 0) is 11.3 Å². The standard InChI is InChI=1S/C19H14BF2N3O/c21-20(22)24-11-5-4-9-17(24)16(13-23)19-18(10-6-12-25(19)20)26-14-15-7-2-1-3-8-15/h1-12H,14H2. The number of nitriles is 1. The van der Waals surface area contributed by atoms with Gasteiger partial charge in [-0.05, 0) is 30.0 Å². The minimum Gasteiger partial charge on any atom is -0.487 e. The Hall–Kier alpha value is -3.40. The zero-order valence-corrected chi connectivity index (χ0v) is 13.7. The summed E-state index contributed by atoms with van der Waals surface area (Å²) in [5, 5.41) is 9.66. The van der Waals surface area contributed by atoms with Gasteiger partial charge >= 0.3 is 6.97 Å². The zero-order chi connectivity index (χ0) is 18.1. The highest BCUT2D eigenvalue weighted by Gasteiger charge is 2.54. The summed E-state index contributed by atoms with van der Waals surface area (Å²) >= 11 is 0. The number of aromatic nitrogens is 1. The lowest BCUT2D eigenvalue weighted by Crippen LogP contribution is -2.71. The topological polar surface area (TPSA) is 40.1 Å². The van der Waals surface area contributed by atoms with Gasteiger partial charge in [-0.3, -0.25) is 0 Å². The van der Waals surface area contributed by atoms with E-state index in [1.807, 2.05) is 30.3 Å². The molecule has 0 N–H and O–H groups in total. The van der Waals surface area contributed by atoms with E-state index in [0.29, 0.717) is 0 Å². The normalized spacial score (nSPS) is 17.1. The molecule has 0 atom stereocenters. The molecular weight excluding hydrogens is 335 g/mol. The summed E-state index contributed by atoms with van der Waals surface area (Å²) in [6.45, 7) is -3.89. The highest BCUT2D eigenvalue weighted by atomic mass is 19.2. The number of ether oxygens (including phenoxy) is 1. The van der Waals surface area contributed by atoms with Crippen molar-refractivity contribution in [2.45, 2.75) is 6.61 Å². The number of allylic oxidation sites excluding steroid dienone is 3. The second-order valence-corrected chi connectivity index (χ2v) is 5.97. The minimum atomic E-state index is -4.11. The fraction of sp³-hybridized carbons (Fsp3) is 0.0526. The Kier molecular flexibility index (Phi) is 3.81. The fourth-order valence-corrected chi connectivity index (χ4v) is 3.17. The molecule has 2 aliphatic heterocycles. The van der Waals surface area contributed by atoms with Crippen molar-refractivity contribution in [2.75, 3.05) is 0 Å². The van der Waals surface area contributed by atoms with E-state index < -0.39 is 6.97 Å². The predicted molar refractivity (Wildman–Crippen MR) is 92.8 cm³/mol. The molecule has 0 spiro atoms. The Morgan fingerprint density at radius 3 is 2.65 bits per heavy atom. The summed E-state index contributed by atoms with van der Waals surface area (Å²) in [6, 6.07) is 16.2. The summed E-state index contributed by atoms with van der Waals surface area (Å²) in [5.41, 5.74) is 1.34. The van der Waals surface area contributed by atoms with Crippen LogP contribution in [0.25, 0.3) is 5.57 Å². The van der Waals surface area contributed by atoms with Gasteiger partial charge in [0.2, 0.25) is 0 Å². The molecular formula is C19H14BF2N3O. The van der Waals surface area contributed by atoms with Crippen LogP contribution in [0.4, 0.5) is 8.63 Å². The van der Waals surface area contributed by atoms with Crippen molar-refractivity contribution in [3.63, 3.8) is 0 Å². The monoisotopic (exact) mass is 349 g/mol. The summed E-state index contributed by atoms with van der Waals surface area (Å²) in [4.78, 5) is 0.839. The van der Waals surface area contributed by atoms with Crippen LogP contribution in [-0.4, -0.2) is 11.8 Å². The van der Waals surface area contributed by atoms with E-state index in [1.165, 1.54) is 30.6 Å². The first-order valence-corrected chi connectivity index (χ1v) is 8.14. The first kappa shape index (κ1) is 16.1. The largest absolute Gasteiger partial charge is 0.737 e. The van der Waals surface area contributed by atoms with E-state index in [9.17, 15) is 5.26 Å². The number of hydrogen-bond acceptors (Lipinski definition) is 3. The fourth-order valence-electron chi connectivity index (χ4n) is 3.17. The van der Waals surface area contributed by atoms with Gasteiger partial charge in [-0.2, -0.15) is 5.26 Å². The quantitative estimate of drug-likeness (QED) is 0.798. The molecule has 128 valence electrons. The molecule has 0 bridgehead atoms. The van der Waals surface area contributed by atoms with E-state index in [-0.39, 0.29) is 29.3 Å². The Morgan fingerprint density at radius 1 is 1.12 bits per heavy atom. The maximum atomic E-state index is 15.1. The number of halogens is 2. The SMILES string of the molecule is N#CC1=C2C(OCc3ccccc3)=CC=CN2[B-](F)(F)[n+]2ccccc21. The smallest absolute Gasteiger partial charge is 0.487 e. The van der Waals surface area contributed by atoms with Crippen LogP contribution in [0.3, 0.4) is 0 Å². The van der Waals surface area contributed by atoms with Crippen LogP contribution in [0.2, 0.25) is 0 Å². The van der Waals surface area contributed by atoms with Crippen LogP contribution < -0.4 is 4.48 Å². The van der Waals surface area contributed by atoms with Crippen LogP contribution in [0, 0.1) is 11.3 Å². The van der Waals surface area contributed by atoms with Crippen LogP contribution in [0.5, 0.6) is 0 Å². The van der Waals surface area contributed by atoms with Gasteiger partial charge in [-0.1, -0.05) is 36.4 Å². The molecule has 0 saturated carbocycles. The number of fused-ring (bicyclic) bond motifs is 2. The van der Waals surface area contributed by atoms with E-state index in [2.05, 4.69) is 6.07 Å². The highest BCUT2D eigenvalue weighted by molar-refractivity contribution is 6.55. The van der Waals surface area contributed by atoms with Crippen molar-refractivity contribution in [2.24, 2.45) is 0 Å². The van der Waals surface area contributed by atoms with Crippen molar-refractivity contribution in [1.82, 2.24) is 4.81 Å². The van der Waals surface area contributed by atoms with E-state index >= 15 is 8.63 Å². The molecule has 2 aromatic rings. The summed E-state index contributed by atoms with van der Waals surface area (Å²) in [6.07, 6.45) is 5.69. The Morgan fingerprint density at radius 2 is 1.88 bits per heavy atom. The molecule has 0 fully saturated rings. The number of benzene rings is 1. The molecule has 0 aliphatic carbocycles. The van der Waals surface area contributed by atoms with Crippen molar-refractivity contribution < 1.29 is 17.8 Å². The Bertz CT molecular complexity index is 993. The molecule has 2 aliphatic rings. The van der Waals surface area contributed by atoms with E-state index in [0.717, 1.165) is 14.9 Å². The molecule has 0 radical (unpaired) electrons. The van der Waals surface area contributed by atoms with Gasteiger partial charge in [0.05, 0.1) is 5.70 Å². The number of rotatable bonds is 3. The number of nitrogens with zero attached hydrogens (tertiary/aromatic N) is 3. The first-order valence-electron chi connectivity index (χ1n) is 8.14. The molecule has 0 amide bonds. The molecule has 26 heavy (non-hydrogen) atoms. The van der Waals surface area contributed by atoms with Crippen molar-refractivity contribution >= 4 is 12.5 Å². The minimum absolute atomic E-state index is 0.0992. The Balaban J connectivity index is 1.79. The van der Waals surface area contributed by atoms with Crippen LogP contribution in [0.15, 0.2) is 84.5 Å². The number of pyridine rings is 1. The van der Waals surface area contributed by atoms with Crippen molar-refractivity contribution in [3.05, 3.63) is 95.8 Å². The van der Waals surface area contributed by atoms with Gasteiger partial charge in [0.15, 0.2) is 5.69 Å². The molecule has 0 saturated heterocycles. The lowest BCUT2D eigenvalue weighted by molar-refractivity contribution is -0.577. The van der Waals surface area contributed by atoms with Crippen LogP contribution >= 0.6 is 0 Å². The maximum Gasteiger partial charge on any atom is 0.737 e. The highest BCUT2D eigenvalue weighted by Crippen LogP contribution is 2.36. The second-order valence-electron chi connectivity index (χ2n) is 5.97. The third-order valence-corrected chi connectivity index (χ3v) is 4.39. The third kappa shape index (κ3) is 2.47. The van der Waals surface area contributed by atoms with Gasteiger partial charge in [0.1, 0.15) is 30.2 Å². The summed E-state index contributed by atoms with van der Waals surface area (Å²) in [5.74, 6) is 0.254. The van der Waals surface area contributed by atoms with Gasteiger partial charge in [-0.15, -0.1) is 0 Å². The summed E-state index contributed by atoms with van der Waals surface area (Å²) in [7, 11) is 0. The third-order valence-electron chi connectivity index (χ3n) is 4.39. The van der Waals surface area contributed by atoms with Crippen LogP contribution in [0.1, 0.15) is 11.3 Å². The molecule has 0 unspecified atom stereocenters. The first-order chi connectivity index (χ1) is 12.6. The molecule has 1 aromatic carbocycles. The van der Waals surface area contributed by atoms with Crippen molar-refractivity contribution in [3.8, 4) is 6.07 Å². The average molecular weight is 349 g/mol. The van der Waals surface area contributed by atoms with E-state index in [1.54, 1.807) is 12.1 Å². The van der Waals surface area contributed by atoms with Gasteiger partial charge in [-0.25, -0.2) is 0 Å². The summed E-state index contributed by atoms with van der Waals surface area (Å²) < 4.78 is 36.8. The molecule has 1 aromatic heterocycles. The predicted octanol–water partition coefficient (Wildman–Crippen LogP) is 3.38. The molecule has 4 rings (SSSR count). The second kappa shape index (κ2) is 6.15. The zero-order valence-electron chi connectivity index (χ0n) is 13.7. The number of hydrogen-bond donors (Lipinski definition) is 0. The molecule has 7 heteroatoms. The van der Waals surface area contributed by atoms with E-state index in [4.69, 9.17) is 4.74 Å². The van der Waals surface area contributed by atoms with Gasteiger partial charge < -0.3 is 22.7 Å². The lowest BCUT2D eigenvalue weighted by Gasteiger charge is -2.40. The van der Waals surface area contributed by atoms with Crippen molar-refractivity contribution in [1.29, 1.82) is 5.26 Å². The lowest BCUT2D eigenvalue weighted by atomic mass is 9.84. The van der Waals surface area contributed by atoms with Gasteiger partial charge in [0, 0.05) is 6.07 Å². The average Bonchev–Trinajstić information content (AvgIpc) is 2.68. The van der Waals surface area contributed by atoms with Gasteiger partial charge in [0.25, 0.3) is 0 Å². The maximum absolute atomic E-state index is 15.1. The Labute approximate surface area is 149 Å². The molecule has 3 heterocycles.